The summed E-state index contributed by atoms with van der Waals surface area (Å²) in [6, 6.07) is 11.1. The lowest BCUT2D eigenvalue weighted by Gasteiger charge is -2.38. The standard InChI is InChI=1S/C16H26N2O/c1-13(19)14-8-11-18(12-9-14)16(7-10-17)15-5-3-2-4-6-15/h2-6,13-14,16,19H,7-12,17H2,1H3. The summed E-state index contributed by atoms with van der Waals surface area (Å²) in [5, 5.41) is 9.68. The van der Waals surface area contributed by atoms with Crippen molar-refractivity contribution in [3.8, 4) is 0 Å². The molecule has 0 aliphatic carbocycles. The molecule has 1 fully saturated rings. The molecule has 0 bridgehead atoms. The van der Waals surface area contributed by atoms with Gasteiger partial charge in [-0.15, -0.1) is 0 Å². The van der Waals surface area contributed by atoms with Gasteiger partial charge in [-0.05, 0) is 57.3 Å². The van der Waals surface area contributed by atoms with E-state index < -0.39 is 0 Å². The fourth-order valence-corrected chi connectivity index (χ4v) is 3.11. The maximum Gasteiger partial charge on any atom is 0.0541 e. The third-order valence-electron chi connectivity index (χ3n) is 4.32. The topological polar surface area (TPSA) is 49.5 Å². The quantitative estimate of drug-likeness (QED) is 0.855. The Kier molecular flexibility index (Phi) is 5.37. The maximum atomic E-state index is 9.68. The largest absolute Gasteiger partial charge is 0.393 e. The van der Waals surface area contributed by atoms with Gasteiger partial charge in [-0.25, -0.2) is 0 Å². The monoisotopic (exact) mass is 262 g/mol. The van der Waals surface area contributed by atoms with Crippen molar-refractivity contribution in [2.24, 2.45) is 11.7 Å². The van der Waals surface area contributed by atoms with E-state index in [4.69, 9.17) is 5.73 Å². The Hall–Kier alpha value is -0.900. The van der Waals surface area contributed by atoms with Crippen molar-refractivity contribution in [3.63, 3.8) is 0 Å². The highest BCUT2D eigenvalue weighted by molar-refractivity contribution is 5.19. The van der Waals surface area contributed by atoms with Gasteiger partial charge in [-0.3, -0.25) is 4.90 Å². The molecular formula is C16H26N2O. The highest BCUT2D eigenvalue weighted by atomic mass is 16.3. The molecule has 0 radical (unpaired) electrons. The molecule has 1 heterocycles. The fraction of sp³-hybridized carbons (Fsp3) is 0.625. The zero-order chi connectivity index (χ0) is 13.7. The molecule has 3 N–H and O–H groups in total. The normalized spacial score (nSPS) is 21.2. The van der Waals surface area contributed by atoms with E-state index in [0.717, 1.165) is 38.9 Å². The Morgan fingerprint density at radius 1 is 1.26 bits per heavy atom. The van der Waals surface area contributed by atoms with Crippen LogP contribution in [0.1, 0.15) is 37.8 Å². The number of likely N-dealkylation sites (tertiary alicyclic amines) is 1. The maximum absolute atomic E-state index is 9.68. The van der Waals surface area contributed by atoms with Crippen LogP contribution in [0, 0.1) is 5.92 Å². The lowest BCUT2D eigenvalue weighted by molar-refractivity contribution is 0.0540. The summed E-state index contributed by atoms with van der Waals surface area (Å²) >= 11 is 0. The zero-order valence-corrected chi connectivity index (χ0v) is 11.8. The predicted molar refractivity (Wildman–Crippen MR) is 78.8 cm³/mol. The first-order valence-electron chi connectivity index (χ1n) is 7.39. The molecule has 1 aromatic carbocycles. The molecule has 0 spiro atoms. The first kappa shape index (κ1) is 14.5. The lowest BCUT2D eigenvalue weighted by Crippen LogP contribution is -2.39. The Morgan fingerprint density at radius 3 is 2.42 bits per heavy atom. The summed E-state index contributed by atoms with van der Waals surface area (Å²) in [4.78, 5) is 2.53. The van der Waals surface area contributed by atoms with Gasteiger partial charge >= 0.3 is 0 Å². The first-order valence-corrected chi connectivity index (χ1v) is 7.39. The molecular weight excluding hydrogens is 236 g/mol. The SMILES string of the molecule is CC(O)C1CCN(C(CCN)c2ccccc2)CC1. The minimum atomic E-state index is -0.174. The number of rotatable bonds is 5. The highest BCUT2D eigenvalue weighted by Gasteiger charge is 2.27. The van der Waals surface area contributed by atoms with Crippen LogP contribution in [0.15, 0.2) is 30.3 Å². The smallest absolute Gasteiger partial charge is 0.0541 e. The molecule has 0 saturated carbocycles. The lowest BCUT2D eigenvalue weighted by atomic mass is 9.90. The molecule has 3 heteroatoms. The van der Waals surface area contributed by atoms with E-state index in [0.29, 0.717) is 12.0 Å². The summed E-state index contributed by atoms with van der Waals surface area (Å²) in [5.41, 5.74) is 7.15. The number of aliphatic hydroxyl groups excluding tert-OH is 1. The van der Waals surface area contributed by atoms with E-state index in [-0.39, 0.29) is 6.10 Å². The second kappa shape index (κ2) is 7.04. The van der Waals surface area contributed by atoms with Crippen molar-refractivity contribution >= 4 is 0 Å². The molecule has 1 aliphatic rings. The minimum Gasteiger partial charge on any atom is -0.393 e. The second-order valence-electron chi connectivity index (χ2n) is 5.62. The summed E-state index contributed by atoms with van der Waals surface area (Å²) < 4.78 is 0. The van der Waals surface area contributed by atoms with Gasteiger partial charge < -0.3 is 10.8 Å². The molecule has 1 aromatic rings. The van der Waals surface area contributed by atoms with Crippen LogP contribution in [0.2, 0.25) is 0 Å². The fourth-order valence-electron chi connectivity index (χ4n) is 3.11. The Balaban J connectivity index is 2.01. The van der Waals surface area contributed by atoms with Gasteiger partial charge in [-0.1, -0.05) is 30.3 Å². The first-order chi connectivity index (χ1) is 9.22. The van der Waals surface area contributed by atoms with E-state index >= 15 is 0 Å². The van der Waals surface area contributed by atoms with Gasteiger partial charge in [0.15, 0.2) is 0 Å². The molecule has 2 atom stereocenters. The molecule has 3 nitrogen and oxygen atoms in total. The molecule has 1 aliphatic heterocycles. The van der Waals surface area contributed by atoms with Crippen molar-refractivity contribution in [2.45, 2.75) is 38.3 Å². The van der Waals surface area contributed by atoms with Gasteiger partial charge in [0.1, 0.15) is 0 Å². The van der Waals surface area contributed by atoms with Crippen molar-refractivity contribution in [1.29, 1.82) is 0 Å². The summed E-state index contributed by atoms with van der Waals surface area (Å²) in [5.74, 6) is 0.463. The van der Waals surface area contributed by atoms with E-state index in [1.54, 1.807) is 0 Å². The molecule has 0 amide bonds. The predicted octanol–water partition coefficient (Wildman–Crippen LogP) is 2.17. The van der Waals surface area contributed by atoms with Crippen molar-refractivity contribution in [3.05, 3.63) is 35.9 Å². The van der Waals surface area contributed by atoms with Crippen LogP contribution < -0.4 is 5.73 Å². The Labute approximate surface area is 116 Å². The number of aliphatic hydroxyl groups is 1. The third-order valence-corrected chi connectivity index (χ3v) is 4.32. The average molecular weight is 262 g/mol. The summed E-state index contributed by atoms with van der Waals surface area (Å²) in [6.45, 7) is 4.76. The number of nitrogens with zero attached hydrogens (tertiary/aromatic N) is 1. The van der Waals surface area contributed by atoms with Crippen LogP contribution >= 0.6 is 0 Å². The zero-order valence-electron chi connectivity index (χ0n) is 11.8. The number of piperidine rings is 1. The van der Waals surface area contributed by atoms with Gasteiger partial charge in [0.25, 0.3) is 0 Å². The summed E-state index contributed by atoms with van der Waals surface area (Å²) in [7, 11) is 0. The molecule has 2 rings (SSSR count). The number of nitrogens with two attached hydrogens (primary N) is 1. The van der Waals surface area contributed by atoms with Crippen LogP contribution in [0.4, 0.5) is 0 Å². The Morgan fingerprint density at radius 2 is 1.89 bits per heavy atom. The number of hydrogen-bond donors (Lipinski definition) is 2. The van der Waals surface area contributed by atoms with Crippen LogP contribution in [0.3, 0.4) is 0 Å². The van der Waals surface area contributed by atoms with Gasteiger partial charge in [0.05, 0.1) is 6.10 Å². The molecule has 2 unspecified atom stereocenters. The van der Waals surface area contributed by atoms with Crippen LogP contribution in [0.5, 0.6) is 0 Å². The summed E-state index contributed by atoms with van der Waals surface area (Å²) in [6.07, 6.45) is 3.01. The molecule has 19 heavy (non-hydrogen) atoms. The van der Waals surface area contributed by atoms with E-state index in [2.05, 4.69) is 35.2 Å². The van der Waals surface area contributed by atoms with Gasteiger partial charge in [0.2, 0.25) is 0 Å². The molecule has 106 valence electrons. The number of benzene rings is 1. The van der Waals surface area contributed by atoms with Crippen LogP contribution in [0.25, 0.3) is 0 Å². The van der Waals surface area contributed by atoms with Crippen molar-refractivity contribution in [1.82, 2.24) is 4.90 Å². The van der Waals surface area contributed by atoms with Crippen LogP contribution in [-0.4, -0.2) is 35.7 Å². The minimum absolute atomic E-state index is 0.174. The average Bonchev–Trinajstić information content (AvgIpc) is 2.46. The van der Waals surface area contributed by atoms with Gasteiger partial charge in [-0.2, -0.15) is 0 Å². The van der Waals surface area contributed by atoms with Gasteiger partial charge in [0, 0.05) is 6.04 Å². The number of hydrogen-bond acceptors (Lipinski definition) is 3. The van der Waals surface area contributed by atoms with E-state index in [1.807, 2.05) is 6.92 Å². The van der Waals surface area contributed by atoms with Crippen molar-refractivity contribution in [2.75, 3.05) is 19.6 Å². The van der Waals surface area contributed by atoms with E-state index in [9.17, 15) is 5.11 Å². The second-order valence-corrected chi connectivity index (χ2v) is 5.62. The van der Waals surface area contributed by atoms with E-state index in [1.165, 1.54) is 5.56 Å². The Bertz CT molecular complexity index is 358. The third kappa shape index (κ3) is 3.78. The van der Waals surface area contributed by atoms with Crippen LogP contribution in [-0.2, 0) is 0 Å². The highest BCUT2D eigenvalue weighted by Crippen LogP contribution is 2.30. The molecule has 0 aromatic heterocycles. The molecule has 1 saturated heterocycles. The van der Waals surface area contributed by atoms with Crippen molar-refractivity contribution < 1.29 is 5.11 Å².